The van der Waals surface area contributed by atoms with E-state index in [4.69, 9.17) is 0 Å². The SMILES string of the molecule is CCc1cc(=O)[nH]c(-c2cccc(NC(=O)c3n[nH]c4c3CNCC4)c2)n1. The van der Waals surface area contributed by atoms with Crippen LogP contribution >= 0.6 is 0 Å². The van der Waals surface area contributed by atoms with E-state index < -0.39 is 0 Å². The molecule has 0 spiro atoms. The zero-order valence-corrected chi connectivity index (χ0v) is 14.9. The van der Waals surface area contributed by atoms with Gasteiger partial charge < -0.3 is 15.6 Å². The predicted molar refractivity (Wildman–Crippen MR) is 102 cm³/mol. The Hall–Kier alpha value is -3.26. The molecule has 0 radical (unpaired) electrons. The number of aryl methyl sites for hydroxylation is 1. The zero-order chi connectivity index (χ0) is 18.8. The van der Waals surface area contributed by atoms with E-state index in [9.17, 15) is 9.59 Å². The van der Waals surface area contributed by atoms with Crippen molar-refractivity contribution in [1.82, 2.24) is 25.5 Å². The number of aromatic nitrogens is 4. The Morgan fingerprint density at radius 2 is 2.19 bits per heavy atom. The second-order valence-corrected chi connectivity index (χ2v) is 6.43. The summed E-state index contributed by atoms with van der Waals surface area (Å²) in [5.41, 5.74) is 4.19. The number of hydrogen-bond acceptors (Lipinski definition) is 5. The fraction of sp³-hybridized carbons (Fsp3) is 0.263. The van der Waals surface area contributed by atoms with Crippen LogP contribution in [0.25, 0.3) is 11.4 Å². The second-order valence-electron chi connectivity index (χ2n) is 6.43. The smallest absolute Gasteiger partial charge is 0.276 e. The van der Waals surface area contributed by atoms with Crippen LogP contribution in [-0.4, -0.2) is 32.6 Å². The molecule has 0 aliphatic carbocycles. The second kappa shape index (κ2) is 7.16. The fourth-order valence-corrected chi connectivity index (χ4v) is 3.17. The Morgan fingerprint density at radius 1 is 1.30 bits per heavy atom. The summed E-state index contributed by atoms with van der Waals surface area (Å²) in [5.74, 6) is 0.217. The van der Waals surface area contributed by atoms with Crippen LogP contribution in [0, 0.1) is 0 Å². The summed E-state index contributed by atoms with van der Waals surface area (Å²) in [4.78, 5) is 31.7. The van der Waals surface area contributed by atoms with Gasteiger partial charge in [-0.3, -0.25) is 14.7 Å². The molecule has 2 aromatic heterocycles. The highest BCUT2D eigenvalue weighted by molar-refractivity contribution is 6.04. The number of rotatable bonds is 4. The van der Waals surface area contributed by atoms with Gasteiger partial charge in [-0.2, -0.15) is 5.10 Å². The number of carbonyl (C=O) groups excluding carboxylic acids is 1. The van der Waals surface area contributed by atoms with Crippen molar-refractivity contribution in [3.8, 4) is 11.4 Å². The number of aromatic amines is 2. The Bertz CT molecular complexity index is 1050. The van der Waals surface area contributed by atoms with Gasteiger partial charge in [0.25, 0.3) is 11.5 Å². The third-order valence-corrected chi connectivity index (χ3v) is 4.57. The summed E-state index contributed by atoms with van der Waals surface area (Å²) in [5, 5.41) is 13.3. The van der Waals surface area contributed by atoms with E-state index in [1.54, 1.807) is 12.1 Å². The molecule has 3 aromatic rings. The lowest BCUT2D eigenvalue weighted by molar-refractivity contribution is 0.102. The van der Waals surface area contributed by atoms with Crippen LogP contribution in [0.1, 0.15) is 34.4 Å². The standard InChI is InChI=1S/C19H20N6O2/c1-2-12-9-16(26)23-18(21-12)11-4-3-5-13(8-11)22-19(27)17-14-10-20-7-6-15(14)24-25-17/h3-5,8-9,20H,2,6-7,10H2,1H3,(H,22,27)(H,24,25)(H,21,23,26). The third kappa shape index (κ3) is 3.52. The fourth-order valence-electron chi connectivity index (χ4n) is 3.17. The molecule has 8 heteroatoms. The van der Waals surface area contributed by atoms with Gasteiger partial charge in [0, 0.05) is 53.8 Å². The van der Waals surface area contributed by atoms with Gasteiger partial charge in [-0.15, -0.1) is 0 Å². The first-order valence-electron chi connectivity index (χ1n) is 8.93. The molecule has 1 aromatic carbocycles. The number of anilines is 1. The topological polar surface area (TPSA) is 116 Å². The minimum Gasteiger partial charge on any atom is -0.321 e. The average molecular weight is 364 g/mol. The number of nitrogens with one attached hydrogen (secondary N) is 4. The molecule has 0 saturated carbocycles. The van der Waals surface area contributed by atoms with E-state index in [0.717, 1.165) is 35.5 Å². The van der Waals surface area contributed by atoms with Gasteiger partial charge in [0.05, 0.1) is 0 Å². The van der Waals surface area contributed by atoms with Crippen molar-refractivity contribution in [1.29, 1.82) is 0 Å². The van der Waals surface area contributed by atoms with E-state index in [0.29, 0.717) is 30.2 Å². The van der Waals surface area contributed by atoms with Crippen LogP contribution in [0.3, 0.4) is 0 Å². The first-order chi connectivity index (χ1) is 13.1. The van der Waals surface area contributed by atoms with Crippen LogP contribution in [-0.2, 0) is 19.4 Å². The molecule has 0 unspecified atom stereocenters. The maximum absolute atomic E-state index is 12.7. The van der Waals surface area contributed by atoms with Crippen molar-refractivity contribution in [3.05, 3.63) is 63.3 Å². The zero-order valence-electron chi connectivity index (χ0n) is 14.9. The van der Waals surface area contributed by atoms with E-state index >= 15 is 0 Å². The Labute approximate surface area is 155 Å². The summed E-state index contributed by atoms with van der Waals surface area (Å²) >= 11 is 0. The Balaban J connectivity index is 1.60. The maximum Gasteiger partial charge on any atom is 0.276 e. The van der Waals surface area contributed by atoms with Crippen molar-refractivity contribution in [2.75, 3.05) is 11.9 Å². The lowest BCUT2D eigenvalue weighted by Crippen LogP contribution is -2.25. The first kappa shape index (κ1) is 17.2. The predicted octanol–water partition coefficient (Wildman–Crippen LogP) is 1.62. The van der Waals surface area contributed by atoms with E-state index in [2.05, 4.69) is 30.8 Å². The summed E-state index contributed by atoms with van der Waals surface area (Å²) in [6.07, 6.45) is 1.50. The molecule has 138 valence electrons. The van der Waals surface area contributed by atoms with Gasteiger partial charge >= 0.3 is 0 Å². The monoisotopic (exact) mass is 364 g/mol. The summed E-state index contributed by atoms with van der Waals surface area (Å²) in [7, 11) is 0. The van der Waals surface area contributed by atoms with E-state index in [1.165, 1.54) is 6.07 Å². The Kier molecular flexibility index (Phi) is 4.55. The van der Waals surface area contributed by atoms with Crippen molar-refractivity contribution in [3.63, 3.8) is 0 Å². The number of fused-ring (bicyclic) bond motifs is 1. The third-order valence-electron chi connectivity index (χ3n) is 4.57. The maximum atomic E-state index is 12.7. The number of amides is 1. The van der Waals surface area contributed by atoms with Gasteiger partial charge in [-0.25, -0.2) is 4.98 Å². The largest absolute Gasteiger partial charge is 0.321 e. The van der Waals surface area contributed by atoms with Crippen LogP contribution < -0.4 is 16.2 Å². The van der Waals surface area contributed by atoms with Gasteiger partial charge in [0.1, 0.15) is 5.82 Å². The van der Waals surface area contributed by atoms with Crippen LogP contribution in [0.4, 0.5) is 5.69 Å². The molecular weight excluding hydrogens is 344 g/mol. The quantitative estimate of drug-likeness (QED) is 0.561. The lowest BCUT2D eigenvalue weighted by atomic mass is 10.1. The molecule has 0 atom stereocenters. The van der Waals surface area contributed by atoms with E-state index in [1.807, 2.05) is 19.1 Å². The molecule has 1 aliphatic rings. The van der Waals surface area contributed by atoms with Gasteiger partial charge in [0.15, 0.2) is 5.69 Å². The van der Waals surface area contributed by atoms with Crippen molar-refractivity contribution < 1.29 is 4.79 Å². The molecule has 8 nitrogen and oxygen atoms in total. The van der Waals surface area contributed by atoms with E-state index in [-0.39, 0.29) is 11.5 Å². The van der Waals surface area contributed by atoms with Crippen molar-refractivity contribution in [2.45, 2.75) is 26.3 Å². The first-order valence-corrected chi connectivity index (χ1v) is 8.93. The summed E-state index contributed by atoms with van der Waals surface area (Å²) < 4.78 is 0. The average Bonchev–Trinajstić information content (AvgIpc) is 3.12. The van der Waals surface area contributed by atoms with Crippen LogP contribution in [0.2, 0.25) is 0 Å². The lowest BCUT2D eigenvalue weighted by Gasteiger charge is -2.13. The summed E-state index contributed by atoms with van der Waals surface area (Å²) in [6, 6.07) is 8.72. The number of hydrogen-bond donors (Lipinski definition) is 4. The molecule has 1 amide bonds. The number of H-pyrrole nitrogens is 2. The molecule has 0 saturated heterocycles. The van der Waals surface area contributed by atoms with Gasteiger partial charge in [0.2, 0.25) is 0 Å². The summed E-state index contributed by atoms with van der Waals surface area (Å²) in [6.45, 7) is 3.45. The van der Waals surface area contributed by atoms with Crippen molar-refractivity contribution >= 4 is 11.6 Å². The highest BCUT2D eigenvalue weighted by Gasteiger charge is 2.21. The highest BCUT2D eigenvalue weighted by atomic mass is 16.2. The minimum absolute atomic E-state index is 0.193. The molecule has 4 N–H and O–H groups in total. The molecule has 3 heterocycles. The number of carbonyl (C=O) groups is 1. The molecular formula is C19H20N6O2. The van der Waals surface area contributed by atoms with Crippen LogP contribution in [0.15, 0.2) is 35.1 Å². The van der Waals surface area contributed by atoms with Gasteiger partial charge in [-0.1, -0.05) is 19.1 Å². The number of benzene rings is 1. The highest BCUT2D eigenvalue weighted by Crippen LogP contribution is 2.21. The van der Waals surface area contributed by atoms with Crippen LogP contribution in [0.5, 0.6) is 0 Å². The van der Waals surface area contributed by atoms with Crippen molar-refractivity contribution in [2.24, 2.45) is 0 Å². The Morgan fingerprint density at radius 3 is 3.04 bits per heavy atom. The molecule has 0 bridgehead atoms. The molecule has 1 aliphatic heterocycles. The molecule has 0 fully saturated rings. The molecule has 4 rings (SSSR count). The number of nitrogens with zero attached hydrogens (tertiary/aromatic N) is 2. The normalized spacial score (nSPS) is 13.2. The minimum atomic E-state index is -0.267. The molecule has 27 heavy (non-hydrogen) atoms. The van der Waals surface area contributed by atoms with Gasteiger partial charge in [-0.05, 0) is 18.6 Å².